The average molecular weight is 225 g/mol. The van der Waals surface area contributed by atoms with Gasteiger partial charge in [-0.1, -0.05) is 0 Å². The van der Waals surface area contributed by atoms with Crippen molar-refractivity contribution in [3.8, 4) is 0 Å². The second-order valence-electron chi connectivity index (χ2n) is 4.14. The summed E-state index contributed by atoms with van der Waals surface area (Å²) in [5.74, 6) is -0.808. The molecular formula is C11H15NO2S. The summed E-state index contributed by atoms with van der Waals surface area (Å²) in [4.78, 5) is 13.0. The van der Waals surface area contributed by atoms with Gasteiger partial charge in [0.25, 0.3) is 0 Å². The molecule has 0 bridgehead atoms. The molecule has 15 heavy (non-hydrogen) atoms. The highest BCUT2D eigenvalue weighted by molar-refractivity contribution is 7.07. The Hall–Kier alpha value is -0.870. The van der Waals surface area contributed by atoms with Gasteiger partial charge < -0.3 is 5.11 Å². The van der Waals surface area contributed by atoms with Gasteiger partial charge in [0, 0.05) is 12.6 Å². The second kappa shape index (κ2) is 4.33. The number of nitrogens with zero attached hydrogens (tertiary/aromatic N) is 1. The largest absolute Gasteiger partial charge is 0.481 e. The van der Waals surface area contributed by atoms with Gasteiger partial charge in [-0.25, -0.2) is 0 Å². The highest BCUT2D eigenvalue weighted by Gasteiger charge is 2.38. The zero-order valence-corrected chi connectivity index (χ0v) is 9.54. The van der Waals surface area contributed by atoms with Crippen LogP contribution >= 0.6 is 11.3 Å². The van der Waals surface area contributed by atoms with E-state index in [0.717, 1.165) is 19.4 Å². The molecule has 2 rings (SSSR count). The Morgan fingerprint density at radius 1 is 1.67 bits per heavy atom. The molecule has 1 aromatic rings. The van der Waals surface area contributed by atoms with Crippen LogP contribution in [0.15, 0.2) is 16.8 Å². The molecule has 1 fully saturated rings. The molecule has 1 aliphatic rings. The van der Waals surface area contributed by atoms with E-state index in [0.29, 0.717) is 0 Å². The van der Waals surface area contributed by atoms with Crippen LogP contribution in [0, 0.1) is 5.92 Å². The van der Waals surface area contributed by atoms with Crippen LogP contribution in [0.5, 0.6) is 0 Å². The molecule has 1 aliphatic carbocycles. The van der Waals surface area contributed by atoms with E-state index in [-0.39, 0.29) is 12.0 Å². The van der Waals surface area contributed by atoms with Gasteiger partial charge in [-0.3, -0.25) is 9.69 Å². The average Bonchev–Trinajstić information content (AvgIpc) is 2.52. The van der Waals surface area contributed by atoms with Crippen molar-refractivity contribution in [2.45, 2.75) is 25.4 Å². The zero-order chi connectivity index (χ0) is 10.8. The molecular weight excluding hydrogens is 210 g/mol. The molecule has 1 aromatic heterocycles. The van der Waals surface area contributed by atoms with Gasteiger partial charge >= 0.3 is 5.97 Å². The number of hydrogen-bond acceptors (Lipinski definition) is 3. The van der Waals surface area contributed by atoms with Gasteiger partial charge in [-0.15, -0.1) is 0 Å². The smallest absolute Gasteiger partial charge is 0.308 e. The Balaban J connectivity index is 1.91. The Bertz CT molecular complexity index is 336. The maximum Gasteiger partial charge on any atom is 0.308 e. The third kappa shape index (κ3) is 2.21. The lowest BCUT2D eigenvalue weighted by Crippen LogP contribution is -2.48. The molecule has 1 N–H and O–H groups in total. The van der Waals surface area contributed by atoms with Crippen molar-refractivity contribution >= 4 is 17.3 Å². The van der Waals surface area contributed by atoms with Gasteiger partial charge in [0.05, 0.1) is 5.92 Å². The van der Waals surface area contributed by atoms with Gasteiger partial charge in [0.1, 0.15) is 0 Å². The van der Waals surface area contributed by atoms with Crippen molar-refractivity contribution in [2.24, 2.45) is 5.92 Å². The molecule has 2 atom stereocenters. The Labute approximate surface area is 93.3 Å². The number of rotatable bonds is 4. The van der Waals surface area contributed by atoms with Gasteiger partial charge in [-0.05, 0) is 42.3 Å². The molecule has 1 heterocycles. The minimum Gasteiger partial charge on any atom is -0.481 e. The number of carboxylic acids is 1. The predicted molar refractivity (Wildman–Crippen MR) is 59.9 cm³/mol. The Morgan fingerprint density at radius 3 is 2.93 bits per heavy atom. The van der Waals surface area contributed by atoms with E-state index in [2.05, 4.69) is 21.7 Å². The van der Waals surface area contributed by atoms with E-state index in [9.17, 15) is 4.79 Å². The normalized spacial score (nSPS) is 25.2. The van der Waals surface area contributed by atoms with Gasteiger partial charge in [-0.2, -0.15) is 11.3 Å². The quantitative estimate of drug-likeness (QED) is 0.852. The van der Waals surface area contributed by atoms with Crippen LogP contribution in [-0.2, 0) is 11.3 Å². The van der Waals surface area contributed by atoms with Crippen molar-refractivity contribution < 1.29 is 9.90 Å². The number of thiophene rings is 1. The van der Waals surface area contributed by atoms with Crippen molar-refractivity contribution in [2.75, 3.05) is 7.05 Å². The lowest BCUT2D eigenvalue weighted by atomic mass is 9.78. The molecule has 0 spiro atoms. The van der Waals surface area contributed by atoms with Crippen molar-refractivity contribution in [3.05, 3.63) is 22.4 Å². The van der Waals surface area contributed by atoms with Crippen molar-refractivity contribution in [1.82, 2.24) is 4.90 Å². The van der Waals surface area contributed by atoms with E-state index in [1.807, 2.05) is 7.05 Å². The SMILES string of the molecule is CN(Cc1ccsc1)C1CCC1C(=O)O. The number of carbonyl (C=O) groups is 1. The first-order valence-corrected chi connectivity index (χ1v) is 6.07. The minimum atomic E-state index is -0.650. The molecule has 4 heteroatoms. The van der Waals surface area contributed by atoms with Crippen LogP contribution in [0.4, 0.5) is 0 Å². The van der Waals surface area contributed by atoms with Crippen LogP contribution < -0.4 is 0 Å². The molecule has 0 radical (unpaired) electrons. The van der Waals surface area contributed by atoms with Crippen LogP contribution in [0.2, 0.25) is 0 Å². The maximum absolute atomic E-state index is 10.9. The monoisotopic (exact) mass is 225 g/mol. The molecule has 82 valence electrons. The third-order valence-electron chi connectivity index (χ3n) is 3.13. The van der Waals surface area contributed by atoms with Crippen LogP contribution in [-0.4, -0.2) is 29.1 Å². The summed E-state index contributed by atoms with van der Waals surface area (Å²) in [5.41, 5.74) is 1.28. The number of carboxylic acid groups (broad SMARTS) is 1. The van der Waals surface area contributed by atoms with Crippen LogP contribution in [0.25, 0.3) is 0 Å². The second-order valence-corrected chi connectivity index (χ2v) is 4.92. The summed E-state index contributed by atoms with van der Waals surface area (Å²) < 4.78 is 0. The van der Waals surface area contributed by atoms with Crippen LogP contribution in [0.1, 0.15) is 18.4 Å². The maximum atomic E-state index is 10.9. The number of aliphatic carboxylic acids is 1. The summed E-state index contributed by atoms with van der Waals surface area (Å²) in [6.07, 6.45) is 1.84. The van der Waals surface area contributed by atoms with Crippen molar-refractivity contribution in [3.63, 3.8) is 0 Å². The number of hydrogen-bond donors (Lipinski definition) is 1. The lowest BCUT2D eigenvalue weighted by Gasteiger charge is -2.40. The van der Waals surface area contributed by atoms with Crippen LogP contribution in [0.3, 0.4) is 0 Å². The third-order valence-corrected chi connectivity index (χ3v) is 3.87. The minimum absolute atomic E-state index is 0.159. The van der Waals surface area contributed by atoms with E-state index in [1.165, 1.54) is 5.56 Å². The molecule has 0 amide bonds. The lowest BCUT2D eigenvalue weighted by molar-refractivity contribution is -0.148. The highest BCUT2D eigenvalue weighted by atomic mass is 32.1. The highest BCUT2D eigenvalue weighted by Crippen LogP contribution is 2.32. The van der Waals surface area contributed by atoms with E-state index < -0.39 is 5.97 Å². The Morgan fingerprint density at radius 2 is 2.47 bits per heavy atom. The summed E-state index contributed by atoms with van der Waals surface area (Å²) in [6, 6.07) is 2.32. The fourth-order valence-corrected chi connectivity index (χ4v) is 2.75. The molecule has 0 aliphatic heterocycles. The van der Waals surface area contributed by atoms with Gasteiger partial charge in [0.2, 0.25) is 0 Å². The summed E-state index contributed by atoms with van der Waals surface area (Å²) in [5, 5.41) is 13.1. The first-order valence-electron chi connectivity index (χ1n) is 5.12. The standard InChI is InChI=1S/C11H15NO2S/c1-12(6-8-4-5-15-7-8)10-3-2-9(10)11(13)14/h4-5,7,9-10H,2-3,6H2,1H3,(H,13,14). The van der Waals surface area contributed by atoms with E-state index in [1.54, 1.807) is 11.3 Å². The molecule has 1 saturated carbocycles. The first-order chi connectivity index (χ1) is 7.18. The molecule has 2 unspecified atom stereocenters. The summed E-state index contributed by atoms with van der Waals surface area (Å²) in [7, 11) is 2.01. The van der Waals surface area contributed by atoms with Crippen molar-refractivity contribution in [1.29, 1.82) is 0 Å². The summed E-state index contributed by atoms with van der Waals surface area (Å²) in [6.45, 7) is 0.859. The fourth-order valence-electron chi connectivity index (χ4n) is 2.09. The first kappa shape index (κ1) is 10.6. The van der Waals surface area contributed by atoms with E-state index >= 15 is 0 Å². The summed E-state index contributed by atoms with van der Waals surface area (Å²) >= 11 is 1.68. The zero-order valence-electron chi connectivity index (χ0n) is 8.72. The fraction of sp³-hybridized carbons (Fsp3) is 0.545. The Kier molecular flexibility index (Phi) is 3.07. The van der Waals surface area contributed by atoms with E-state index in [4.69, 9.17) is 5.11 Å². The molecule has 3 nitrogen and oxygen atoms in total. The predicted octanol–water partition coefficient (Wildman–Crippen LogP) is 2.04. The van der Waals surface area contributed by atoms with Gasteiger partial charge in [0.15, 0.2) is 0 Å². The topological polar surface area (TPSA) is 40.5 Å². The molecule has 0 saturated heterocycles. The molecule has 0 aromatic carbocycles.